The Balaban J connectivity index is 2.65. The summed E-state index contributed by atoms with van der Waals surface area (Å²) in [7, 11) is 3.22. The highest BCUT2D eigenvalue weighted by molar-refractivity contribution is 5.81. The van der Waals surface area contributed by atoms with Gasteiger partial charge in [0, 0.05) is 13.6 Å². The molecule has 0 fully saturated rings. The summed E-state index contributed by atoms with van der Waals surface area (Å²) in [6.07, 6.45) is 2.69. The second-order valence-corrected chi connectivity index (χ2v) is 4.95. The van der Waals surface area contributed by atoms with E-state index < -0.39 is 6.04 Å². The van der Waals surface area contributed by atoms with E-state index in [9.17, 15) is 9.90 Å². The summed E-state index contributed by atoms with van der Waals surface area (Å²) in [4.78, 5) is 13.7. The zero-order valence-corrected chi connectivity index (χ0v) is 12.4. The number of carbonyl (C=O) groups is 1. The van der Waals surface area contributed by atoms with Crippen molar-refractivity contribution in [2.45, 2.75) is 38.8 Å². The number of rotatable bonds is 7. The summed E-state index contributed by atoms with van der Waals surface area (Å²) in [6.45, 7) is 2.51. The summed E-state index contributed by atoms with van der Waals surface area (Å²) in [5.74, 6) is 0.425. The molecule has 0 unspecified atom stereocenters. The van der Waals surface area contributed by atoms with Gasteiger partial charge >= 0.3 is 0 Å². The van der Waals surface area contributed by atoms with Gasteiger partial charge in [-0.15, -0.1) is 0 Å². The second-order valence-electron chi connectivity index (χ2n) is 4.95. The molecule has 3 N–H and O–H groups in total. The molecule has 1 atom stereocenters. The van der Waals surface area contributed by atoms with E-state index in [0.717, 1.165) is 18.4 Å². The highest BCUT2D eigenvalue weighted by Gasteiger charge is 2.17. The van der Waals surface area contributed by atoms with Gasteiger partial charge in [0.05, 0.1) is 13.2 Å². The lowest BCUT2D eigenvalue weighted by molar-refractivity contribution is -0.132. The van der Waals surface area contributed by atoms with E-state index >= 15 is 0 Å². The van der Waals surface area contributed by atoms with Crippen LogP contribution in [-0.2, 0) is 11.3 Å². The molecule has 0 aliphatic heterocycles. The van der Waals surface area contributed by atoms with Crippen molar-refractivity contribution in [2.24, 2.45) is 5.73 Å². The van der Waals surface area contributed by atoms with Gasteiger partial charge in [0.1, 0.15) is 0 Å². The summed E-state index contributed by atoms with van der Waals surface area (Å²) in [5, 5.41) is 9.54. The van der Waals surface area contributed by atoms with E-state index in [1.165, 1.54) is 7.11 Å². The maximum Gasteiger partial charge on any atom is 0.239 e. The molecular formula is C15H24N2O3. The number of unbranched alkanes of at least 4 members (excludes halogenated alkanes) is 1. The normalized spacial score (nSPS) is 12.0. The number of hydrogen-bond donors (Lipinski definition) is 2. The maximum absolute atomic E-state index is 12.1. The van der Waals surface area contributed by atoms with E-state index in [0.29, 0.717) is 18.7 Å². The first-order chi connectivity index (χ1) is 9.49. The van der Waals surface area contributed by atoms with Crippen LogP contribution in [0.1, 0.15) is 31.7 Å². The fourth-order valence-corrected chi connectivity index (χ4v) is 2.00. The minimum Gasteiger partial charge on any atom is -0.504 e. The smallest absolute Gasteiger partial charge is 0.239 e. The number of hydrogen-bond acceptors (Lipinski definition) is 4. The molecule has 0 bridgehead atoms. The molecule has 5 heteroatoms. The molecule has 1 aromatic rings. The number of nitrogens with zero attached hydrogens (tertiary/aromatic N) is 1. The third kappa shape index (κ3) is 4.42. The molecule has 0 saturated carbocycles. The molecule has 1 amide bonds. The lowest BCUT2D eigenvalue weighted by Gasteiger charge is -2.21. The predicted octanol–water partition coefficient (Wildman–Crippen LogP) is 1.88. The fraction of sp³-hybridized carbons (Fsp3) is 0.533. The summed E-state index contributed by atoms with van der Waals surface area (Å²) in [6, 6.07) is 4.60. The fourth-order valence-electron chi connectivity index (χ4n) is 2.00. The second kappa shape index (κ2) is 7.75. The molecule has 0 radical (unpaired) electrons. The van der Waals surface area contributed by atoms with Crippen LogP contribution in [0, 0.1) is 0 Å². The van der Waals surface area contributed by atoms with Gasteiger partial charge < -0.3 is 20.5 Å². The number of carbonyl (C=O) groups excluding carboxylic acids is 1. The highest BCUT2D eigenvalue weighted by atomic mass is 16.5. The lowest BCUT2D eigenvalue weighted by Crippen LogP contribution is -2.41. The van der Waals surface area contributed by atoms with Gasteiger partial charge in [-0.1, -0.05) is 25.8 Å². The van der Waals surface area contributed by atoms with Gasteiger partial charge in [0.25, 0.3) is 0 Å². The zero-order chi connectivity index (χ0) is 15.1. The van der Waals surface area contributed by atoms with E-state index in [4.69, 9.17) is 10.5 Å². The first-order valence-corrected chi connectivity index (χ1v) is 6.86. The van der Waals surface area contributed by atoms with Crippen LogP contribution >= 0.6 is 0 Å². The van der Waals surface area contributed by atoms with Gasteiger partial charge in [-0.25, -0.2) is 0 Å². The highest BCUT2D eigenvalue weighted by Crippen LogP contribution is 2.26. The molecule has 0 heterocycles. The number of likely N-dealkylation sites (N-methyl/N-ethyl adjacent to an activating group) is 1. The predicted molar refractivity (Wildman–Crippen MR) is 78.6 cm³/mol. The summed E-state index contributed by atoms with van der Waals surface area (Å²) in [5.41, 5.74) is 6.77. The Hall–Kier alpha value is -1.75. The average Bonchev–Trinajstić information content (AvgIpc) is 2.45. The monoisotopic (exact) mass is 280 g/mol. The van der Waals surface area contributed by atoms with E-state index in [-0.39, 0.29) is 11.7 Å². The Morgan fingerprint density at radius 3 is 2.80 bits per heavy atom. The Morgan fingerprint density at radius 2 is 2.20 bits per heavy atom. The quantitative estimate of drug-likeness (QED) is 0.799. The van der Waals surface area contributed by atoms with Crippen molar-refractivity contribution in [2.75, 3.05) is 14.2 Å². The van der Waals surface area contributed by atoms with Crippen LogP contribution in [-0.4, -0.2) is 36.1 Å². The number of nitrogens with two attached hydrogens (primary N) is 1. The van der Waals surface area contributed by atoms with Crippen molar-refractivity contribution in [1.82, 2.24) is 4.90 Å². The minimum atomic E-state index is -0.445. The van der Waals surface area contributed by atoms with Crippen LogP contribution < -0.4 is 10.5 Å². The van der Waals surface area contributed by atoms with Gasteiger partial charge in [-0.05, 0) is 24.1 Å². The van der Waals surface area contributed by atoms with Crippen molar-refractivity contribution in [1.29, 1.82) is 0 Å². The number of phenolic OH excluding ortho intramolecular Hbond substituents is 1. The van der Waals surface area contributed by atoms with Gasteiger partial charge in [0.15, 0.2) is 11.5 Å². The third-order valence-electron chi connectivity index (χ3n) is 3.23. The lowest BCUT2D eigenvalue weighted by atomic mass is 10.1. The minimum absolute atomic E-state index is 0.0644. The molecular weight excluding hydrogens is 256 g/mol. The molecule has 1 rings (SSSR count). The number of ether oxygens (including phenoxy) is 1. The summed E-state index contributed by atoms with van der Waals surface area (Å²) < 4.78 is 5.05. The number of amides is 1. The number of aromatic hydroxyl groups is 1. The molecule has 1 aromatic carbocycles. The van der Waals surface area contributed by atoms with Gasteiger partial charge in [-0.3, -0.25) is 4.79 Å². The third-order valence-corrected chi connectivity index (χ3v) is 3.23. The zero-order valence-electron chi connectivity index (χ0n) is 12.4. The van der Waals surface area contributed by atoms with E-state index in [1.54, 1.807) is 30.1 Å². The molecule has 112 valence electrons. The molecule has 0 aliphatic rings. The largest absolute Gasteiger partial charge is 0.504 e. The van der Waals surface area contributed by atoms with Crippen LogP contribution in [0.3, 0.4) is 0 Å². The van der Waals surface area contributed by atoms with Crippen molar-refractivity contribution >= 4 is 5.91 Å². The van der Waals surface area contributed by atoms with Crippen LogP contribution in [0.15, 0.2) is 18.2 Å². The molecule has 20 heavy (non-hydrogen) atoms. The van der Waals surface area contributed by atoms with Crippen molar-refractivity contribution in [3.63, 3.8) is 0 Å². The topological polar surface area (TPSA) is 75.8 Å². The van der Waals surface area contributed by atoms with E-state index in [2.05, 4.69) is 6.92 Å². The molecule has 0 aliphatic carbocycles. The Labute approximate surface area is 120 Å². The van der Waals surface area contributed by atoms with E-state index in [1.807, 2.05) is 0 Å². The Kier molecular flexibility index (Phi) is 6.31. The number of benzene rings is 1. The Morgan fingerprint density at radius 1 is 1.50 bits per heavy atom. The van der Waals surface area contributed by atoms with Crippen molar-refractivity contribution in [3.8, 4) is 11.5 Å². The number of phenols is 1. The first kappa shape index (κ1) is 16.3. The van der Waals surface area contributed by atoms with Crippen LogP contribution in [0.5, 0.6) is 11.5 Å². The van der Waals surface area contributed by atoms with Gasteiger partial charge in [0.2, 0.25) is 5.91 Å². The van der Waals surface area contributed by atoms with Crippen LogP contribution in [0.4, 0.5) is 0 Å². The first-order valence-electron chi connectivity index (χ1n) is 6.86. The molecule has 0 saturated heterocycles. The number of methoxy groups -OCH3 is 1. The maximum atomic E-state index is 12.1. The Bertz CT molecular complexity index is 449. The average molecular weight is 280 g/mol. The van der Waals surface area contributed by atoms with Crippen LogP contribution in [0.25, 0.3) is 0 Å². The standard InChI is InChI=1S/C15H24N2O3/c1-4-5-6-12(16)15(19)17(2)10-11-7-8-13(18)14(9-11)20-3/h7-9,12,18H,4-6,10,16H2,1-3H3/t12-/m0/s1. The van der Waals surface area contributed by atoms with Gasteiger partial charge in [-0.2, -0.15) is 0 Å². The molecule has 0 aromatic heterocycles. The molecule has 5 nitrogen and oxygen atoms in total. The van der Waals surface area contributed by atoms with Crippen LogP contribution in [0.2, 0.25) is 0 Å². The van der Waals surface area contributed by atoms with Crippen molar-refractivity contribution in [3.05, 3.63) is 23.8 Å². The molecule has 0 spiro atoms. The summed E-state index contributed by atoms with van der Waals surface area (Å²) >= 11 is 0. The SMILES string of the molecule is CCCC[C@H](N)C(=O)N(C)Cc1ccc(O)c(OC)c1. The van der Waals surface area contributed by atoms with Crippen molar-refractivity contribution < 1.29 is 14.6 Å².